The molecule has 4 bridgehead atoms. The van der Waals surface area contributed by atoms with Crippen LogP contribution in [-0.4, -0.2) is 20.2 Å². The average molecular weight is 391 g/mol. The van der Waals surface area contributed by atoms with E-state index in [1.807, 2.05) is 18.2 Å². The first kappa shape index (κ1) is 18.7. The Bertz CT molecular complexity index is 923. The Morgan fingerprint density at radius 2 is 1.59 bits per heavy atom. The second kappa shape index (κ2) is 6.90. The molecule has 0 saturated heterocycles. The van der Waals surface area contributed by atoms with Crippen LogP contribution in [0.2, 0.25) is 0 Å². The Morgan fingerprint density at radius 1 is 0.931 bits per heavy atom. The highest BCUT2D eigenvalue weighted by atomic mass is 16.5. The van der Waals surface area contributed by atoms with E-state index < -0.39 is 0 Å². The zero-order valence-electron chi connectivity index (χ0n) is 17.7. The maximum atomic E-state index is 11.9. The first-order valence-corrected chi connectivity index (χ1v) is 10.9. The minimum atomic E-state index is -0.288. The predicted molar refractivity (Wildman–Crippen MR) is 114 cm³/mol. The fourth-order valence-electron chi connectivity index (χ4n) is 6.96. The second-order valence-corrected chi connectivity index (χ2v) is 9.63. The lowest BCUT2D eigenvalue weighted by Crippen LogP contribution is -2.48. The molecule has 0 aliphatic heterocycles. The standard InChI is InChI=1S/C26H30O3/c1-16-8-21(25(27)29-3)4-6-22(16)20-5-7-24(28-2)23(12-20)26-13-17-9-18(14-26)11-19(10-17)15-26/h4-8,12,17-19H,9-11,13-15H2,1-3H3. The van der Waals surface area contributed by atoms with Gasteiger partial charge in [0.2, 0.25) is 0 Å². The Kier molecular flexibility index (Phi) is 4.45. The van der Waals surface area contributed by atoms with E-state index in [9.17, 15) is 4.79 Å². The van der Waals surface area contributed by atoms with Crippen molar-refractivity contribution in [1.29, 1.82) is 0 Å². The van der Waals surface area contributed by atoms with Crippen LogP contribution < -0.4 is 4.74 Å². The van der Waals surface area contributed by atoms with E-state index in [1.165, 1.54) is 62.3 Å². The molecule has 152 valence electrons. The number of ether oxygens (including phenoxy) is 2. The van der Waals surface area contributed by atoms with Crippen LogP contribution >= 0.6 is 0 Å². The summed E-state index contributed by atoms with van der Waals surface area (Å²) in [5, 5.41) is 0. The summed E-state index contributed by atoms with van der Waals surface area (Å²) in [6.07, 6.45) is 8.28. The minimum absolute atomic E-state index is 0.288. The molecule has 0 heterocycles. The van der Waals surface area contributed by atoms with Crippen molar-refractivity contribution >= 4 is 5.97 Å². The second-order valence-electron chi connectivity index (χ2n) is 9.63. The molecule has 2 aromatic carbocycles. The highest BCUT2D eigenvalue weighted by molar-refractivity contribution is 5.90. The number of benzene rings is 2. The van der Waals surface area contributed by atoms with Gasteiger partial charge in [0.25, 0.3) is 0 Å². The van der Waals surface area contributed by atoms with Crippen LogP contribution in [0.4, 0.5) is 0 Å². The monoisotopic (exact) mass is 390 g/mol. The zero-order chi connectivity index (χ0) is 20.2. The van der Waals surface area contributed by atoms with Crippen LogP contribution in [0.5, 0.6) is 5.75 Å². The van der Waals surface area contributed by atoms with Gasteiger partial charge in [0.15, 0.2) is 0 Å². The number of rotatable bonds is 4. The summed E-state index contributed by atoms with van der Waals surface area (Å²) in [7, 11) is 3.22. The molecule has 0 radical (unpaired) electrons. The number of hydrogen-bond donors (Lipinski definition) is 0. The Labute approximate surface area is 173 Å². The molecule has 6 rings (SSSR count). The van der Waals surface area contributed by atoms with Gasteiger partial charge in [-0.05, 0) is 110 Å². The maximum absolute atomic E-state index is 11.9. The number of hydrogen-bond acceptors (Lipinski definition) is 3. The summed E-state index contributed by atoms with van der Waals surface area (Å²) in [5.74, 6) is 3.45. The Morgan fingerprint density at radius 3 is 2.14 bits per heavy atom. The molecule has 4 fully saturated rings. The Balaban J connectivity index is 1.57. The molecule has 4 aliphatic carbocycles. The number of methoxy groups -OCH3 is 2. The van der Waals surface area contributed by atoms with E-state index in [-0.39, 0.29) is 11.4 Å². The molecule has 0 spiro atoms. The topological polar surface area (TPSA) is 35.5 Å². The van der Waals surface area contributed by atoms with E-state index >= 15 is 0 Å². The van der Waals surface area contributed by atoms with Crippen LogP contribution in [0, 0.1) is 24.7 Å². The first-order chi connectivity index (χ1) is 14.0. The lowest BCUT2D eigenvalue weighted by atomic mass is 9.48. The molecule has 0 N–H and O–H groups in total. The normalized spacial score (nSPS) is 29.7. The van der Waals surface area contributed by atoms with Crippen molar-refractivity contribution in [3.63, 3.8) is 0 Å². The van der Waals surface area contributed by atoms with Gasteiger partial charge >= 0.3 is 5.97 Å². The van der Waals surface area contributed by atoms with Crippen LogP contribution in [0.15, 0.2) is 36.4 Å². The van der Waals surface area contributed by atoms with Crippen molar-refractivity contribution in [3.05, 3.63) is 53.1 Å². The van der Waals surface area contributed by atoms with Crippen LogP contribution in [0.25, 0.3) is 11.1 Å². The summed E-state index contributed by atoms with van der Waals surface area (Å²) in [6.45, 7) is 2.07. The van der Waals surface area contributed by atoms with Gasteiger partial charge in [0.05, 0.1) is 19.8 Å². The fraction of sp³-hybridized carbons (Fsp3) is 0.500. The molecule has 4 saturated carbocycles. The van der Waals surface area contributed by atoms with E-state index in [0.717, 1.165) is 29.1 Å². The number of aryl methyl sites for hydroxylation is 1. The lowest BCUT2D eigenvalue weighted by Gasteiger charge is -2.57. The van der Waals surface area contributed by atoms with Crippen LogP contribution in [-0.2, 0) is 10.2 Å². The highest BCUT2D eigenvalue weighted by Crippen LogP contribution is 2.62. The molecular formula is C26H30O3. The third kappa shape index (κ3) is 3.06. The predicted octanol–water partition coefficient (Wildman–Crippen LogP) is 5.93. The first-order valence-electron chi connectivity index (χ1n) is 10.9. The Hall–Kier alpha value is -2.29. The van der Waals surface area contributed by atoms with Gasteiger partial charge in [-0.15, -0.1) is 0 Å². The third-order valence-corrected chi connectivity index (χ3v) is 7.77. The molecule has 2 aromatic rings. The molecular weight excluding hydrogens is 360 g/mol. The molecule has 0 unspecified atom stereocenters. The van der Waals surface area contributed by atoms with E-state index in [2.05, 4.69) is 25.1 Å². The van der Waals surface area contributed by atoms with Crippen molar-refractivity contribution in [2.45, 2.75) is 50.9 Å². The molecule has 3 heteroatoms. The summed E-state index contributed by atoms with van der Waals surface area (Å²) in [4.78, 5) is 11.9. The van der Waals surface area contributed by atoms with E-state index in [0.29, 0.717) is 5.56 Å². The summed E-state index contributed by atoms with van der Waals surface area (Å²) in [6, 6.07) is 12.5. The molecule has 0 aromatic heterocycles. The molecule has 29 heavy (non-hydrogen) atoms. The fourth-order valence-corrected chi connectivity index (χ4v) is 6.96. The van der Waals surface area contributed by atoms with E-state index in [1.54, 1.807) is 7.11 Å². The number of carbonyl (C=O) groups excluding carboxylic acids is 1. The summed E-state index contributed by atoms with van der Waals surface area (Å²) < 4.78 is 10.7. The quantitative estimate of drug-likeness (QED) is 0.608. The van der Waals surface area contributed by atoms with Crippen molar-refractivity contribution in [2.24, 2.45) is 17.8 Å². The molecule has 4 aliphatic rings. The highest BCUT2D eigenvalue weighted by Gasteiger charge is 2.52. The minimum Gasteiger partial charge on any atom is -0.496 e. The van der Waals surface area contributed by atoms with E-state index in [4.69, 9.17) is 9.47 Å². The van der Waals surface area contributed by atoms with Gasteiger partial charge in [0, 0.05) is 5.56 Å². The van der Waals surface area contributed by atoms with Crippen LogP contribution in [0.1, 0.15) is 60.0 Å². The SMILES string of the molecule is COC(=O)c1ccc(-c2ccc(OC)c(C34CC5CC(CC(C5)C3)C4)c2)c(C)c1. The largest absolute Gasteiger partial charge is 0.496 e. The number of carbonyl (C=O) groups is 1. The zero-order valence-corrected chi connectivity index (χ0v) is 17.7. The van der Waals surface area contributed by atoms with Crippen molar-refractivity contribution < 1.29 is 14.3 Å². The van der Waals surface area contributed by atoms with Gasteiger partial charge in [-0.3, -0.25) is 0 Å². The van der Waals surface area contributed by atoms with Crippen molar-refractivity contribution in [1.82, 2.24) is 0 Å². The summed E-state index contributed by atoms with van der Waals surface area (Å²) in [5.41, 5.74) is 5.78. The summed E-state index contributed by atoms with van der Waals surface area (Å²) >= 11 is 0. The van der Waals surface area contributed by atoms with Crippen molar-refractivity contribution in [2.75, 3.05) is 14.2 Å². The van der Waals surface area contributed by atoms with Gasteiger partial charge < -0.3 is 9.47 Å². The van der Waals surface area contributed by atoms with Crippen LogP contribution in [0.3, 0.4) is 0 Å². The molecule has 0 amide bonds. The smallest absolute Gasteiger partial charge is 0.337 e. The van der Waals surface area contributed by atoms with Gasteiger partial charge in [-0.2, -0.15) is 0 Å². The van der Waals surface area contributed by atoms with Crippen molar-refractivity contribution in [3.8, 4) is 16.9 Å². The maximum Gasteiger partial charge on any atom is 0.337 e. The molecule has 0 atom stereocenters. The van der Waals surface area contributed by atoms with Gasteiger partial charge in [-0.1, -0.05) is 12.1 Å². The number of esters is 1. The lowest BCUT2D eigenvalue weighted by molar-refractivity contribution is -0.00613. The third-order valence-electron chi connectivity index (χ3n) is 7.77. The molecule has 3 nitrogen and oxygen atoms in total. The van der Waals surface area contributed by atoms with Gasteiger partial charge in [0.1, 0.15) is 5.75 Å². The average Bonchev–Trinajstić information content (AvgIpc) is 2.71. The van der Waals surface area contributed by atoms with Gasteiger partial charge in [-0.25, -0.2) is 4.79 Å².